The highest BCUT2D eigenvalue weighted by atomic mass is 19.1. The maximum atomic E-state index is 13.5. The minimum atomic E-state index is -0.492. The van der Waals surface area contributed by atoms with Crippen LogP contribution in [0.2, 0.25) is 0 Å². The van der Waals surface area contributed by atoms with Crippen molar-refractivity contribution in [2.75, 3.05) is 0 Å². The second-order valence-electron chi connectivity index (χ2n) is 3.03. The van der Waals surface area contributed by atoms with Gasteiger partial charge in [-0.05, 0) is 19.1 Å². The highest BCUT2D eigenvalue weighted by Gasteiger charge is 2.13. The molecule has 0 spiro atoms. The average molecular weight is 205 g/mol. The van der Waals surface area contributed by atoms with Gasteiger partial charge >= 0.3 is 0 Å². The van der Waals surface area contributed by atoms with Gasteiger partial charge in [-0.3, -0.25) is 4.79 Å². The van der Waals surface area contributed by atoms with Crippen LogP contribution in [0.5, 0.6) is 0 Å². The van der Waals surface area contributed by atoms with Gasteiger partial charge < -0.3 is 0 Å². The number of benzene rings is 1. The molecule has 0 aliphatic heterocycles. The first kappa shape index (κ1) is 9.51. The van der Waals surface area contributed by atoms with Crippen LogP contribution >= 0.6 is 0 Å². The summed E-state index contributed by atoms with van der Waals surface area (Å²) in [5.41, 5.74) is 0.433. The fourth-order valence-corrected chi connectivity index (χ4v) is 1.36. The Morgan fingerprint density at radius 3 is 2.87 bits per heavy atom. The van der Waals surface area contributed by atoms with E-state index in [1.807, 2.05) is 0 Å². The molecule has 2 aromatic rings. The van der Waals surface area contributed by atoms with Crippen LogP contribution in [0.1, 0.15) is 17.3 Å². The highest BCUT2D eigenvalue weighted by molar-refractivity contribution is 5.97. The van der Waals surface area contributed by atoms with Crippen LogP contribution in [0.15, 0.2) is 30.9 Å². The zero-order chi connectivity index (χ0) is 10.8. The van der Waals surface area contributed by atoms with Crippen molar-refractivity contribution in [1.82, 2.24) is 14.8 Å². The molecule has 1 heterocycles. The lowest BCUT2D eigenvalue weighted by atomic mass is 10.1. The van der Waals surface area contributed by atoms with E-state index in [9.17, 15) is 9.18 Å². The molecule has 0 saturated heterocycles. The number of nitrogens with zero attached hydrogens (tertiary/aromatic N) is 3. The summed E-state index contributed by atoms with van der Waals surface area (Å²) in [6.07, 6.45) is 2.64. The van der Waals surface area contributed by atoms with E-state index in [1.165, 1.54) is 36.4 Å². The molecule has 0 atom stereocenters. The fourth-order valence-electron chi connectivity index (χ4n) is 1.36. The number of carbonyl (C=O) groups is 1. The SMILES string of the molecule is CC(=O)c1cccc(F)c1-n1cncn1. The van der Waals surface area contributed by atoms with Gasteiger partial charge in [-0.15, -0.1) is 0 Å². The Bertz CT molecular complexity index is 493. The van der Waals surface area contributed by atoms with Gasteiger partial charge in [-0.25, -0.2) is 14.1 Å². The van der Waals surface area contributed by atoms with Crippen LogP contribution in [0.25, 0.3) is 5.69 Å². The average Bonchev–Trinajstić information content (AvgIpc) is 2.70. The third kappa shape index (κ3) is 1.63. The predicted octanol–water partition coefficient (Wildman–Crippen LogP) is 1.61. The van der Waals surface area contributed by atoms with Gasteiger partial charge in [0.2, 0.25) is 0 Å². The molecule has 0 radical (unpaired) electrons. The summed E-state index contributed by atoms with van der Waals surface area (Å²) in [6.45, 7) is 1.38. The minimum Gasteiger partial charge on any atom is -0.294 e. The summed E-state index contributed by atoms with van der Waals surface area (Å²) < 4.78 is 14.8. The molecule has 0 bridgehead atoms. The Kier molecular flexibility index (Phi) is 2.29. The van der Waals surface area contributed by atoms with Gasteiger partial charge in [-0.2, -0.15) is 5.10 Å². The first-order chi connectivity index (χ1) is 7.20. The minimum absolute atomic E-state index is 0.141. The molecule has 5 heteroatoms. The van der Waals surface area contributed by atoms with E-state index in [2.05, 4.69) is 10.1 Å². The highest BCUT2D eigenvalue weighted by Crippen LogP contribution is 2.17. The zero-order valence-corrected chi connectivity index (χ0v) is 8.01. The molecule has 15 heavy (non-hydrogen) atoms. The topological polar surface area (TPSA) is 47.8 Å². The van der Waals surface area contributed by atoms with Crippen molar-refractivity contribution in [2.24, 2.45) is 0 Å². The van der Waals surface area contributed by atoms with E-state index in [1.54, 1.807) is 6.07 Å². The van der Waals surface area contributed by atoms with Crippen LogP contribution in [0.3, 0.4) is 0 Å². The molecule has 0 saturated carbocycles. The molecule has 0 aliphatic carbocycles. The number of carbonyl (C=O) groups excluding carboxylic acids is 1. The maximum Gasteiger partial charge on any atom is 0.162 e. The summed E-state index contributed by atoms with van der Waals surface area (Å²) in [5, 5.41) is 3.80. The van der Waals surface area contributed by atoms with Crippen molar-refractivity contribution in [1.29, 1.82) is 0 Å². The summed E-state index contributed by atoms with van der Waals surface area (Å²) >= 11 is 0. The lowest BCUT2D eigenvalue weighted by Gasteiger charge is -2.06. The second kappa shape index (κ2) is 3.61. The monoisotopic (exact) mass is 205 g/mol. The van der Waals surface area contributed by atoms with Gasteiger partial charge in [0.05, 0.1) is 0 Å². The first-order valence-electron chi connectivity index (χ1n) is 4.34. The molecule has 0 unspecified atom stereocenters. The largest absolute Gasteiger partial charge is 0.294 e. The number of para-hydroxylation sites is 1. The van der Waals surface area contributed by atoms with Gasteiger partial charge in [0.1, 0.15) is 24.2 Å². The quantitative estimate of drug-likeness (QED) is 0.700. The molecule has 1 aromatic heterocycles. The van der Waals surface area contributed by atoms with Crippen molar-refractivity contribution in [3.05, 3.63) is 42.2 Å². The molecule has 76 valence electrons. The lowest BCUT2D eigenvalue weighted by molar-refractivity contribution is 0.101. The maximum absolute atomic E-state index is 13.5. The van der Waals surface area contributed by atoms with E-state index in [0.717, 1.165) is 0 Å². The van der Waals surface area contributed by atoms with Crippen molar-refractivity contribution in [3.63, 3.8) is 0 Å². The van der Waals surface area contributed by atoms with Crippen LogP contribution in [0, 0.1) is 5.82 Å². The molecule has 2 rings (SSSR count). The van der Waals surface area contributed by atoms with Crippen LogP contribution in [-0.4, -0.2) is 20.5 Å². The first-order valence-corrected chi connectivity index (χ1v) is 4.34. The second-order valence-corrected chi connectivity index (χ2v) is 3.03. The molecular weight excluding hydrogens is 197 g/mol. The Labute approximate surface area is 85.4 Å². The van der Waals surface area contributed by atoms with Crippen LogP contribution in [0.4, 0.5) is 4.39 Å². The molecule has 4 nitrogen and oxygen atoms in total. The molecular formula is C10H8FN3O. The predicted molar refractivity (Wildman–Crippen MR) is 51.3 cm³/mol. The Morgan fingerprint density at radius 2 is 2.27 bits per heavy atom. The zero-order valence-electron chi connectivity index (χ0n) is 8.01. The van der Waals surface area contributed by atoms with Gasteiger partial charge in [0.25, 0.3) is 0 Å². The van der Waals surface area contributed by atoms with Gasteiger partial charge in [0.15, 0.2) is 5.78 Å². The molecule has 0 N–H and O–H groups in total. The number of ketones is 1. The molecule has 0 amide bonds. The Balaban J connectivity index is 2.68. The number of Topliss-reactive ketones (excluding diaryl/α,β-unsaturated/α-hetero) is 1. The summed E-state index contributed by atoms with van der Waals surface area (Å²) in [5.74, 6) is -0.701. The standard InChI is InChI=1S/C10H8FN3O/c1-7(15)8-3-2-4-9(11)10(8)14-6-12-5-13-14/h2-6H,1H3. The smallest absolute Gasteiger partial charge is 0.162 e. The van der Waals surface area contributed by atoms with Crippen molar-refractivity contribution >= 4 is 5.78 Å². The summed E-state index contributed by atoms with van der Waals surface area (Å²) in [6, 6.07) is 4.33. The van der Waals surface area contributed by atoms with Gasteiger partial charge in [-0.1, -0.05) is 6.07 Å². The van der Waals surface area contributed by atoms with Gasteiger partial charge in [0, 0.05) is 5.56 Å². The van der Waals surface area contributed by atoms with Crippen LogP contribution in [-0.2, 0) is 0 Å². The summed E-state index contributed by atoms with van der Waals surface area (Å²) in [7, 11) is 0. The number of halogens is 1. The number of aromatic nitrogens is 3. The normalized spacial score (nSPS) is 10.3. The third-order valence-electron chi connectivity index (χ3n) is 2.01. The number of hydrogen-bond donors (Lipinski definition) is 0. The Hall–Kier alpha value is -2.04. The van der Waals surface area contributed by atoms with E-state index < -0.39 is 5.82 Å². The molecule has 0 fully saturated rings. The van der Waals surface area contributed by atoms with E-state index in [0.29, 0.717) is 5.56 Å². The van der Waals surface area contributed by atoms with E-state index >= 15 is 0 Å². The molecule has 0 aliphatic rings. The fraction of sp³-hybridized carbons (Fsp3) is 0.100. The lowest BCUT2D eigenvalue weighted by Crippen LogP contribution is -2.06. The van der Waals surface area contributed by atoms with Crippen molar-refractivity contribution in [3.8, 4) is 5.69 Å². The number of hydrogen-bond acceptors (Lipinski definition) is 3. The summed E-state index contributed by atoms with van der Waals surface area (Å²) in [4.78, 5) is 15.0. The molecule has 1 aromatic carbocycles. The Morgan fingerprint density at radius 1 is 1.47 bits per heavy atom. The van der Waals surface area contributed by atoms with Crippen molar-refractivity contribution in [2.45, 2.75) is 6.92 Å². The number of rotatable bonds is 2. The van der Waals surface area contributed by atoms with E-state index in [4.69, 9.17) is 0 Å². The van der Waals surface area contributed by atoms with E-state index in [-0.39, 0.29) is 11.5 Å². The van der Waals surface area contributed by atoms with Crippen molar-refractivity contribution < 1.29 is 9.18 Å². The van der Waals surface area contributed by atoms with Crippen LogP contribution < -0.4 is 0 Å². The third-order valence-corrected chi connectivity index (χ3v) is 2.01.